The zero-order valence-electron chi connectivity index (χ0n) is 14.3. The van der Waals surface area contributed by atoms with Crippen LogP contribution in [0.3, 0.4) is 0 Å². The van der Waals surface area contributed by atoms with Gasteiger partial charge in [-0.1, -0.05) is 29.3 Å². The summed E-state index contributed by atoms with van der Waals surface area (Å²) < 4.78 is 13.0. The second kappa shape index (κ2) is 9.00. The molecule has 0 amide bonds. The van der Waals surface area contributed by atoms with Crippen LogP contribution >= 0.6 is 35.4 Å². The highest BCUT2D eigenvalue weighted by Gasteiger charge is 2.20. The lowest BCUT2D eigenvalue weighted by molar-refractivity contribution is -0.911. The number of benzene rings is 2. The van der Waals surface area contributed by atoms with Gasteiger partial charge < -0.3 is 15.1 Å². The van der Waals surface area contributed by atoms with Crippen LogP contribution in [0, 0.1) is 5.82 Å². The van der Waals surface area contributed by atoms with Crippen LogP contribution in [-0.4, -0.2) is 36.2 Å². The first-order valence-electron chi connectivity index (χ1n) is 8.60. The van der Waals surface area contributed by atoms with E-state index in [2.05, 4.69) is 10.2 Å². The average molecular weight is 413 g/mol. The number of halogens is 3. The molecule has 1 unspecified atom stereocenters. The van der Waals surface area contributed by atoms with Gasteiger partial charge in [-0.05, 0) is 48.6 Å². The van der Waals surface area contributed by atoms with E-state index in [-0.39, 0.29) is 5.82 Å². The number of quaternary nitrogens is 1. The van der Waals surface area contributed by atoms with E-state index in [1.54, 1.807) is 18.2 Å². The van der Waals surface area contributed by atoms with E-state index in [1.165, 1.54) is 17.0 Å². The second-order valence-corrected chi connectivity index (χ2v) is 7.67. The highest BCUT2D eigenvalue weighted by Crippen LogP contribution is 2.20. The summed E-state index contributed by atoms with van der Waals surface area (Å²) in [5, 5.41) is 5.26. The predicted octanol–water partition coefficient (Wildman–Crippen LogP) is 3.62. The first-order chi connectivity index (χ1) is 12.5. The van der Waals surface area contributed by atoms with Crippen LogP contribution in [0.25, 0.3) is 0 Å². The van der Waals surface area contributed by atoms with Crippen LogP contribution in [0.5, 0.6) is 0 Å². The number of nitrogens with one attached hydrogen (secondary N) is 2. The van der Waals surface area contributed by atoms with Crippen molar-refractivity contribution in [2.45, 2.75) is 13.0 Å². The lowest BCUT2D eigenvalue weighted by Gasteiger charge is -2.23. The maximum atomic E-state index is 13.0. The Morgan fingerprint density at radius 3 is 2.62 bits per heavy atom. The molecule has 1 atom stereocenters. The van der Waals surface area contributed by atoms with Gasteiger partial charge in [-0.2, -0.15) is 0 Å². The molecule has 1 aliphatic rings. The molecular weight excluding hydrogens is 392 g/mol. The van der Waals surface area contributed by atoms with Gasteiger partial charge in [0, 0.05) is 29.2 Å². The van der Waals surface area contributed by atoms with E-state index >= 15 is 0 Å². The summed E-state index contributed by atoms with van der Waals surface area (Å²) in [5.41, 5.74) is 1.92. The Morgan fingerprint density at radius 1 is 1.12 bits per heavy atom. The molecule has 2 aromatic carbocycles. The standard InChI is InChI=1S/C19H20Cl2FN3S/c20-15-3-2-14(18(21)12-15)13-24-8-1-9-25(11-10-24)19(26)23-17-6-4-16(22)5-7-17/h2-7,12H,1,8-11,13H2,(H,23,26)/p+1. The summed E-state index contributed by atoms with van der Waals surface area (Å²) in [6, 6.07) is 11.9. The molecule has 0 spiro atoms. The maximum absolute atomic E-state index is 13.0. The molecule has 3 rings (SSSR count). The SMILES string of the molecule is Fc1ccc(NC(=S)N2CCC[NH+](Cc3ccc(Cl)cc3Cl)CC2)cc1. The summed E-state index contributed by atoms with van der Waals surface area (Å²) in [6.45, 7) is 4.69. The Balaban J connectivity index is 1.55. The first kappa shape index (κ1) is 19.4. The Labute approximate surface area is 168 Å². The van der Waals surface area contributed by atoms with Crippen molar-refractivity contribution < 1.29 is 9.29 Å². The van der Waals surface area contributed by atoms with Crippen molar-refractivity contribution >= 4 is 46.2 Å². The van der Waals surface area contributed by atoms with Crippen molar-refractivity contribution in [3.05, 3.63) is 63.9 Å². The van der Waals surface area contributed by atoms with Crippen LogP contribution in [0.2, 0.25) is 10.0 Å². The van der Waals surface area contributed by atoms with Gasteiger partial charge in [0.1, 0.15) is 12.4 Å². The fourth-order valence-electron chi connectivity index (χ4n) is 3.10. The van der Waals surface area contributed by atoms with E-state index in [0.717, 1.165) is 55.4 Å². The average Bonchev–Trinajstić information content (AvgIpc) is 2.85. The molecule has 0 bridgehead atoms. The molecule has 0 radical (unpaired) electrons. The number of nitrogens with zero attached hydrogens (tertiary/aromatic N) is 1. The van der Waals surface area contributed by atoms with Crippen LogP contribution in [0.15, 0.2) is 42.5 Å². The minimum Gasteiger partial charge on any atom is -0.343 e. The number of hydrogen-bond donors (Lipinski definition) is 2. The van der Waals surface area contributed by atoms with Crippen LogP contribution in [-0.2, 0) is 6.54 Å². The van der Waals surface area contributed by atoms with Crippen molar-refractivity contribution in [3.63, 3.8) is 0 Å². The minimum atomic E-state index is -0.253. The van der Waals surface area contributed by atoms with Crippen LogP contribution in [0.4, 0.5) is 10.1 Å². The molecule has 0 saturated carbocycles. The zero-order valence-corrected chi connectivity index (χ0v) is 16.6. The molecule has 0 aliphatic carbocycles. The molecule has 1 aliphatic heterocycles. The van der Waals surface area contributed by atoms with Crippen LogP contribution in [0.1, 0.15) is 12.0 Å². The summed E-state index contributed by atoms with van der Waals surface area (Å²) >= 11 is 17.8. The zero-order chi connectivity index (χ0) is 18.5. The topological polar surface area (TPSA) is 19.7 Å². The molecule has 1 saturated heterocycles. The summed E-state index contributed by atoms with van der Waals surface area (Å²) in [4.78, 5) is 3.65. The monoisotopic (exact) mass is 412 g/mol. The van der Waals surface area contributed by atoms with Gasteiger partial charge in [0.25, 0.3) is 0 Å². The van der Waals surface area contributed by atoms with E-state index in [1.807, 2.05) is 12.1 Å². The third-order valence-electron chi connectivity index (χ3n) is 4.53. The third-order valence-corrected chi connectivity index (χ3v) is 5.48. The highest BCUT2D eigenvalue weighted by atomic mass is 35.5. The summed E-state index contributed by atoms with van der Waals surface area (Å²) in [5.74, 6) is -0.253. The molecule has 138 valence electrons. The number of hydrogen-bond acceptors (Lipinski definition) is 1. The summed E-state index contributed by atoms with van der Waals surface area (Å²) in [7, 11) is 0. The Bertz CT molecular complexity index is 770. The molecule has 3 nitrogen and oxygen atoms in total. The van der Waals surface area contributed by atoms with E-state index in [4.69, 9.17) is 35.4 Å². The fraction of sp³-hybridized carbons (Fsp3) is 0.316. The maximum Gasteiger partial charge on any atom is 0.173 e. The molecule has 26 heavy (non-hydrogen) atoms. The lowest BCUT2D eigenvalue weighted by atomic mass is 10.2. The van der Waals surface area contributed by atoms with E-state index in [9.17, 15) is 4.39 Å². The molecule has 1 heterocycles. The van der Waals surface area contributed by atoms with Crippen molar-refractivity contribution in [2.24, 2.45) is 0 Å². The molecule has 2 N–H and O–H groups in total. The molecule has 7 heteroatoms. The minimum absolute atomic E-state index is 0.253. The van der Waals surface area contributed by atoms with Gasteiger partial charge >= 0.3 is 0 Å². The van der Waals surface area contributed by atoms with Gasteiger partial charge in [0.2, 0.25) is 0 Å². The number of thiocarbonyl (C=S) groups is 1. The van der Waals surface area contributed by atoms with Crippen molar-refractivity contribution in [1.29, 1.82) is 0 Å². The van der Waals surface area contributed by atoms with Gasteiger partial charge in [0.15, 0.2) is 5.11 Å². The van der Waals surface area contributed by atoms with Crippen molar-refractivity contribution in [1.82, 2.24) is 4.90 Å². The van der Waals surface area contributed by atoms with Gasteiger partial charge in [-0.3, -0.25) is 0 Å². The van der Waals surface area contributed by atoms with Crippen molar-refractivity contribution in [2.75, 3.05) is 31.5 Å². The Morgan fingerprint density at radius 2 is 1.88 bits per heavy atom. The predicted molar refractivity (Wildman–Crippen MR) is 110 cm³/mol. The summed E-state index contributed by atoms with van der Waals surface area (Å²) in [6.07, 6.45) is 1.05. The first-order valence-corrected chi connectivity index (χ1v) is 9.76. The fourth-order valence-corrected chi connectivity index (χ4v) is 3.88. The molecular formula is C19H21Cl2FN3S+. The molecule has 0 aromatic heterocycles. The normalized spacial score (nSPS) is 17.7. The van der Waals surface area contributed by atoms with Crippen LogP contribution < -0.4 is 10.2 Å². The van der Waals surface area contributed by atoms with E-state index < -0.39 is 0 Å². The quantitative estimate of drug-likeness (QED) is 0.751. The van der Waals surface area contributed by atoms with Gasteiger partial charge in [-0.25, -0.2) is 4.39 Å². The molecule has 1 fully saturated rings. The van der Waals surface area contributed by atoms with E-state index in [0.29, 0.717) is 10.1 Å². The van der Waals surface area contributed by atoms with Gasteiger partial charge in [-0.15, -0.1) is 0 Å². The second-order valence-electron chi connectivity index (χ2n) is 6.44. The number of anilines is 1. The number of rotatable bonds is 3. The molecule has 2 aromatic rings. The highest BCUT2D eigenvalue weighted by molar-refractivity contribution is 7.80. The Hall–Kier alpha value is -1.40. The lowest BCUT2D eigenvalue weighted by Crippen LogP contribution is -3.11. The Kier molecular flexibility index (Phi) is 6.70. The van der Waals surface area contributed by atoms with Gasteiger partial charge in [0.05, 0.1) is 24.7 Å². The largest absolute Gasteiger partial charge is 0.343 e. The smallest absolute Gasteiger partial charge is 0.173 e. The van der Waals surface area contributed by atoms with Crippen molar-refractivity contribution in [3.8, 4) is 0 Å². The third kappa shape index (κ3) is 5.30.